The average Bonchev–Trinajstić information content (AvgIpc) is 2.38. The number of rotatable bonds is 10. The van der Waals surface area contributed by atoms with E-state index in [-0.39, 0.29) is 23.4 Å². The van der Waals surface area contributed by atoms with E-state index in [0.29, 0.717) is 39.6 Å². The maximum atomic E-state index is 6.32. The average molecular weight is 302 g/mol. The van der Waals surface area contributed by atoms with Gasteiger partial charge in [-0.2, -0.15) is 0 Å². The summed E-state index contributed by atoms with van der Waals surface area (Å²) in [7, 11) is 0. The van der Waals surface area contributed by atoms with E-state index in [4.69, 9.17) is 23.7 Å². The Labute approximate surface area is 128 Å². The quantitative estimate of drug-likeness (QED) is 0.580. The van der Waals surface area contributed by atoms with Crippen molar-refractivity contribution in [2.75, 3.05) is 39.6 Å². The molecule has 124 valence electrons. The molecule has 2 saturated heterocycles. The molecule has 0 spiro atoms. The fourth-order valence-corrected chi connectivity index (χ4v) is 2.88. The van der Waals surface area contributed by atoms with Gasteiger partial charge in [-0.25, -0.2) is 0 Å². The monoisotopic (exact) mass is 302 g/mol. The Morgan fingerprint density at radius 3 is 1.33 bits per heavy atom. The van der Waals surface area contributed by atoms with E-state index >= 15 is 0 Å². The Kier molecular flexibility index (Phi) is 6.03. The third-order valence-corrected chi connectivity index (χ3v) is 4.85. The van der Waals surface area contributed by atoms with Crippen molar-refractivity contribution < 1.29 is 23.7 Å². The Balaban J connectivity index is 2.08. The van der Waals surface area contributed by atoms with Gasteiger partial charge in [0, 0.05) is 13.2 Å². The van der Waals surface area contributed by atoms with Crippen LogP contribution in [0.4, 0.5) is 0 Å². The molecular formula is C16H30O5. The van der Waals surface area contributed by atoms with Crippen LogP contribution in [0.1, 0.15) is 40.5 Å². The van der Waals surface area contributed by atoms with E-state index in [2.05, 4.69) is 13.8 Å². The molecule has 2 fully saturated rings. The van der Waals surface area contributed by atoms with Crippen LogP contribution in [0.25, 0.3) is 0 Å². The van der Waals surface area contributed by atoms with Crippen molar-refractivity contribution in [2.45, 2.75) is 53.1 Å². The molecule has 0 amide bonds. The molecule has 0 aromatic heterocycles. The largest absolute Gasteiger partial charge is 0.380 e. The van der Waals surface area contributed by atoms with Gasteiger partial charge in [-0.05, 0) is 26.7 Å². The van der Waals surface area contributed by atoms with Crippen LogP contribution in [0.3, 0.4) is 0 Å². The van der Waals surface area contributed by atoms with Crippen LogP contribution in [0.15, 0.2) is 0 Å². The van der Waals surface area contributed by atoms with Gasteiger partial charge in [0.05, 0.1) is 37.3 Å². The van der Waals surface area contributed by atoms with Crippen molar-refractivity contribution >= 4 is 0 Å². The van der Waals surface area contributed by atoms with Crippen molar-refractivity contribution in [1.29, 1.82) is 0 Å². The molecule has 5 heteroatoms. The molecule has 2 aliphatic heterocycles. The maximum Gasteiger partial charge on any atom is 0.170 e. The molecule has 0 aromatic carbocycles. The summed E-state index contributed by atoms with van der Waals surface area (Å²) in [6, 6.07) is 0. The summed E-state index contributed by atoms with van der Waals surface area (Å²) in [5.41, 5.74) is -0.0736. The van der Waals surface area contributed by atoms with Crippen molar-refractivity contribution in [1.82, 2.24) is 0 Å². The Hall–Kier alpha value is -0.200. The fourth-order valence-electron chi connectivity index (χ4n) is 2.88. The number of hydrogen-bond acceptors (Lipinski definition) is 5. The second kappa shape index (κ2) is 7.38. The van der Waals surface area contributed by atoms with Gasteiger partial charge in [-0.1, -0.05) is 13.8 Å². The zero-order chi connectivity index (χ0) is 15.3. The van der Waals surface area contributed by atoms with Crippen LogP contribution in [-0.2, 0) is 23.7 Å². The van der Waals surface area contributed by atoms with Gasteiger partial charge in [0.25, 0.3) is 0 Å². The van der Waals surface area contributed by atoms with E-state index in [0.717, 1.165) is 12.8 Å². The van der Waals surface area contributed by atoms with Crippen LogP contribution in [0.5, 0.6) is 0 Å². The van der Waals surface area contributed by atoms with Crippen LogP contribution in [-0.4, -0.2) is 52.2 Å². The maximum absolute atomic E-state index is 6.32. The van der Waals surface area contributed by atoms with E-state index in [1.807, 2.05) is 13.8 Å². The molecule has 2 heterocycles. The molecule has 0 aromatic rings. The summed E-state index contributed by atoms with van der Waals surface area (Å²) in [5.74, 6) is 0. The predicted octanol–water partition coefficient (Wildman–Crippen LogP) is 2.58. The summed E-state index contributed by atoms with van der Waals surface area (Å²) in [6.07, 6.45) is 1.40. The van der Waals surface area contributed by atoms with E-state index in [1.54, 1.807) is 0 Å². The highest BCUT2D eigenvalue weighted by Gasteiger charge is 2.52. The predicted molar refractivity (Wildman–Crippen MR) is 79.0 cm³/mol. The first kappa shape index (κ1) is 17.2. The molecule has 21 heavy (non-hydrogen) atoms. The lowest BCUT2D eigenvalue weighted by Gasteiger charge is -2.50. The molecular weight excluding hydrogens is 272 g/mol. The molecule has 2 rings (SSSR count). The van der Waals surface area contributed by atoms with Crippen LogP contribution >= 0.6 is 0 Å². The fraction of sp³-hybridized carbons (Fsp3) is 1.00. The minimum absolute atomic E-state index is 0.0368. The van der Waals surface area contributed by atoms with Gasteiger partial charge in [0.15, 0.2) is 12.6 Å². The van der Waals surface area contributed by atoms with E-state index in [1.165, 1.54) is 0 Å². The normalized spacial score (nSPS) is 25.7. The molecule has 5 nitrogen and oxygen atoms in total. The zero-order valence-corrected chi connectivity index (χ0v) is 13.9. The highest BCUT2D eigenvalue weighted by atomic mass is 16.8. The third kappa shape index (κ3) is 3.27. The van der Waals surface area contributed by atoms with Crippen LogP contribution < -0.4 is 0 Å². The second-order valence-electron chi connectivity index (χ2n) is 6.13. The summed E-state index contributed by atoms with van der Waals surface area (Å²) in [4.78, 5) is 0. The SMILES string of the molecule is CCOC(OC(OCC)C1(CC)COC1)C1(CC)COC1. The van der Waals surface area contributed by atoms with Crippen molar-refractivity contribution in [3.8, 4) is 0 Å². The molecule has 0 aliphatic carbocycles. The standard InChI is InChI=1S/C16H30O5/c1-5-15(9-17-10-15)13(19-7-3)21-14(20-8-4)16(6-2)11-18-12-16/h13-14H,5-12H2,1-4H3. The molecule has 0 saturated carbocycles. The first-order chi connectivity index (χ1) is 10.2. The van der Waals surface area contributed by atoms with Crippen LogP contribution in [0.2, 0.25) is 0 Å². The molecule has 2 atom stereocenters. The highest BCUT2D eigenvalue weighted by Crippen LogP contribution is 2.43. The number of ether oxygens (including phenoxy) is 5. The van der Waals surface area contributed by atoms with E-state index in [9.17, 15) is 0 Å². The van der Waals surface area contributed by atoms with Crippen LogP contribution in [0, 0.1) is 10.8 Å². The highest BCUT2D eigenvalue weighted by molar-refractivity contribution is 4.92. The minimum atomic E-state index is -0.276. The summed E-state index contributed by atoms with van der Waals surface area (Å²) in [6.45, 7) is 12.4. The second-order valence-corrected chi connectivity index (χ2v) is 6.13. The lowest BCUT2D eigenvalue weighted by Crippen LogP contribution is -2.59. The summed E-state index contributed by atoms with van der Waals surface area (Å²) in [5, 5.41) is 0. The zero-order valence-electron chi connectivity index (χ0n) is 13.9. The van der Waals surface area contributed by atoms with Crippen molar-refractivity contribution in [3.63, 3.8) is 0 Å². The smallest absolute Gasteiger partial charge is 0.170 e. The molecule has 0 bridgehead atoms. The first-order valence-electron chi connectivity index (χ1n) is 8.20. The minimum Gasteiger partial charge on any atom is -0.380 e. The molecule has 0 radical (unpaired) electrons. The van der Waals surface area contributed by atoms with Crippen molar-refractivity contribution in [2.24, 2.45) is 10.8 Å². The Morgan fingerprint density at radius 1 is 0.762 bits per heavy atom. The van der Waals surface area contributed by atoms with E-state index < -0.39 is 0 Å². The molecule has 2 aliphatic rings. The third-order valence-electron chi connectivity index (χ3n) is 4.85. The molecule has 0 N–H and O–H groups in total. The lowest BCUT2D eigenvalue weighted by molar-refractivity contribution is -0.364. The summed E-state index contributed by atoms with van der Waals surface area (Å²) >= 11 is 0. The van der Waals surface area contributed by atoms with Gasteiger partial charge >= 0.3 is 0 Å². The number of hydrogen-bond donors (Lipinski definition) is 0. The summed E-state index contributed by atoms with van der Waals surface area (Å²) < 4.78 is 29.0. The van der Waals surface area contributed by atoms with Gasteiger partial charge in [0.2, 0.25) is 0 Å². The van der Waals surface area contributed by atoms with Crippen molar-refractivity contribution in [3.05, 3.63) is 0 Å². The van der Waals surface area contributed by atoms with Gasteiger partial charge in [-0.3, -0.25) is 0 Å². The lowest BCUT2D eigenvalue weighted by atomic mass is 9.80. The van der Waals surface area contributed by atoms with Gasteiger partial charge in [0.1, 0.15) is 0 Å². The van der Waals surface area contributed by atoms with Gasteiger partial charge in [-0.15, -0.1) is 0 Å². The van der Waals surface area contributed by atoms with Gasteiger partial charge < -0.3 is 23.7 Å². The topological polar surface area (TPSA) is 46.2 Å². The Morgan fingerprint density at radius 2 is 1.14 bits per heavy atom. The Bertz CT molecular complexity index is 271. The molecule has 2 unspecified atom stereocenters. The first-order valence-corrected chi connectivity index (χ1v) is 8.20.